The van der Waals surface area contributed by atoms with Gasteiger partial charge in [-0.25, -0.2) is 4.39 Å². The van der Waals surface area contributed by atoms with Crippen molar-refractivity contribution in [3.05, 3.63) is 47.0 Å². The monoisotopic (exact) mass is 292 g/mol. The first kappa shape index (κ1) is 14.4. The zero-order chi connectivity index (χ0) is 14.5. The largest absolute Gasteiger partial charge is 0.487 e. The summed E-state index contributed by atoms with van der Waals surface area (Å²) in [5, 5.41) is 4.22. The number of ether oxygens (including phenoxy) is 1. The summed E-state index contributed by atoms with van der Waals surface area (Å²) in [6.45, 7) is 2.25. The van der Waals surface area contributed by atoms with Gasteiger partial charge < -0.3 is 4.74 Å². The minimum Gasteiger partial charge on any atom is -0.487 e. The molecule has 0 atom stereocenters. The van der Waals surface area contributed by atoms with Crippen molar-refractivity contribution < 1.29 is 9.13 Å². The van der Waals surface area contributed by atoms with Crippen molar-refractivity contribution in [1.29, 1.82) is 0 Å². The zero-order valence-electron chi connectivity index (χ0n) is 11.3. The lowest BCUT2D eigenvalue weighted by atomic mass is 10.2. The number of aromatic nitrogens is 2. The molecule has 20 heavy (non-hydrogen) atoms. The molecule has 0 saturated heterocycles. The Morgan fingerprint density at radius 2 is 2.20 bits per heavy atom. The van der Waals surface area contributed by atoms with Crippen molar-refractivity contribution in [2.75, 3.05) is 5.88 Å². The number of benzene rings is 1. The second-order valence-corrected chi connectivity index (χ2v) is 4.53. The molecule has 2 rings (SSSR count). The molecule has 3 nitrogen and oxygen atoms in total. The number of halogens is 2. The van der Waals surface area contributed by atoms with E-state index in [9.17, 15) is 4.39 Å². The molecular weight excluding hydrogens is 279 g/mol. The van der Waals surface area contributed by atoms with Gasteiger partial charge in [-0.15, -0.1) is 11.6 Å². The Hall–Kier alpha value is -1.99. The number of hydrogen-bond acceptors (Lipinski definition) is 2. The summed E-state index contributed by atoms with van der Waals surface area (Å²) in [7, 11) is 1.84. The summed E-state index contributed by atoms with van der Waals surface area (Å²) in [6, 6.07) is 6.52. The van der Waals surface area contributed by atoms with Crippen LogP contribution in [-0.4, -0.2) is 15.7 Å². The van der Waals surface area contributed by atoms with Crippen LogP contribution in [-0.2, 0) is 13.7 Å². The highest BCUT2D eigenvalue weighted by atomic mass is 35.5. The van der Waals surface area contributed by atoms with E-state index in [4.69, 9.17) is 16.3 Å². The Morgan fingerprint density at radius 3 is 2.80 bits per heavy atom. The second-order valence-electron chi connectivity index (χ2n) is 4.27. The maximum atomic E-state index is 13.7. The molecule has 0 saturated carbocycles. The van der Waals surface area contributed by atoms with Crippen LogP contribution in [0.15, 0.2) is 24.3 Å². The van der Waals surface area contributed by atoms with E-state index in [1.165, 1.54) is 6.07 Å². The molecule has 0 amide bonds. The lowest BCUT2D eigenvalue weighted by Gasteiger charge is -2.07. The lowest BCUT2D eigenvalue weighted by molar-refractivity contribution is 0.293. The van der Waals surface area contributed by atoms with Crippen LogP contribution < -0.4 is 4.74 Å². The van der Waals surface area contributed by atoms with Gasteiger partial charge in [-0.05, 0) is 25.1 Å². The average Bonchev–Trinajstić information content (AvgIpc) is 2.73. The topological polar surface area (TPSA) is 27.1 Å². The Bertz CT molecular complexity index is 670. The molecule has 0 aliphatic rings. The van der Waals surface area contributed by atoms with Crippen LogP contribution in [0.1, 0.15) is 17.0 Å². The fraction of sp³-hybridized carbons (Fsp3) is 0.267. The Labute approximate surface area is 122 Å². The van der Waals surface area contributed by atoms with Crippen LogP contribution >= 0.6 is 11.6 Å². The first-order valence-corrected chi connectivity index (χ1v) is 6.60. The van der Waals surface area contributed by atoms with Gasteiger partial charge in [-0.2, -0.15) is 5.10 Å². The average molecular weight is 293 g/mol. The molecule has 2 aromatic rings. The molecule has 0 aliphatic heterocycles. The number of aryl methyl sites for hydroxylation is 2. The van der Waals surface area contributed by atoms with Gasteiger partial charge in [0.15, 0.2) is 0 Å². The lowest BCUT2D eigenvalue weighted by Crippen LogP contribution is -2.03. The van der Waals surface area contributed by atoms with Crippen molar-refractivity contribution in [3.8, 4) is 17.6 Å². The van der Waals surface area contributed by atoms with Crippen LogP contribution in [0, 0.1) is 24.6 Å². The number of nitrogens with zero attached hydrogens (tertiary/aromatic N) is 2. The SMILES string of the molecule is Cc1cc(COc2ccc(C#CCCl)c(F)c2)n(C)n1. The van der Waals surface area contributed by atoms with Gasteiger partial charge in [0.1, 0.15) is 18.2 Å². The van der Waals surface area contributed by atoms with Gasteiger partial charge >= 0.3 is 0 Å². The Morgan fingerprint density at radius 1 is 1.40 bits per heavy atom. The van der Waals surface area contributed by atoms with Crippen molar-refractivity contribution >= 4 is 11.6 Å². The third-order valence-corrected chi connectivity index (χ3v) is 2.85. The van der Waals surface area contributed by atoms with Gasteiger partial charge in [0.05, 0.1) is 22.8 Å². The Balaban J connectivity index is 2.07. The molecule has 0 bridgehead atoms. The second kappa shape index (κ2) is 6.44. The molecular formula is C15H14ClFN2O. The van der Waals surface area contributed by atoms with Gasteiger partial charge in [0.2, 0.25) is 0 Å². The molecule has 1 aromatic carbocycles. The summed E-state index contributed by atoms with van der Waals surface area (Å²) in [5.74, 6) is 5.48. The molecule has 104 valence electrons. The first-order chi connectivity index (χ1) is 9.60. The molecule has 0 N–H and O–H groups in total. The summed E-state index contributed by atoms with van der Waals surface area (Å²) in [6.07, 6.45) is 0. The minimum absolute atomic E-state index is 0.178. The highest BCUT2D eigenvalue weighted by Gasteiger charge is 2.05. The number of rotatable bonds is 3. The van der Waals surface area contributed by atoms with Crippen LogP contribution in [0.3, 0.4) is 0 Å². The first-order valence-electron chi connectivity index (χ1n) is 6.07. The third-order valence-electron chi connectivity index (χ3n) is 2.72. The van der Waals surface area contributed by atoms with E-state index >= 15 is 0 Å². The molecule has 1 heterocycles. The van der Waals surface area contributed by atoms with Crippen LogP contribution in [0.2, 0.25) is 0 Å². The van der Waals surface area contributed by atoms with Crippen molar-refractivity contribution in [2.45, 2.75) is 13.5 Å². The van der Waals surface area contributed by atoms with E-state index in [1.54, 1.807) is 16.8 Å². The van der Waals surface area contributed by atoms with E-state index in [1.807, 2.05) is 20.0 Å². The van der Waals surface area contributed by atoms with Crippen molar-refractivity contribution in [3.63, 3.8) is 0 Å². The fourth-order valence-electron chi connectivity index (χ4n) is 1.77. The molecule has 5 heteroatoms. The van der Waals surface area contributed by atoms with Crippen LogP contribution in [0.25, 0.3) is 0 Å². The van der Waals surface area contributed by atoms with E-state index in [-0.39, 0.29) is 5.88 Å². The molecule has 0 unspecified atom stereocenters. The van der Waals surface area contributed by atoms with E-state index in [2.05, 4.69) is 16.9 Å². The summed E-state index contributed by atoms with van der Waals surface area (Å²) in [4.78, 5) is 0. The zero-order valence-corrected chi connectivity index (χ0v) is 12.0. The maximum absolute atomic E-state index is 13.7. The Kier molecular flexibility index (Phi) is 4.65. The van der Waals surface area contributed by atoms with E-state index < -0.39 is 5.82 Å². The van der Waals surface area contributed by atoms with Gasteiger partial charge in [0, 0.05) is 13.1 Å². The fourth-order valence-corrected chi connectivity index (χ4v) is 1.84. The van der Waals surface area contributed by atoms with Gasteiger partial charge in [-0.3, -0.25) is 4.68 Å². The number of alkyl halides is 1. The standard InChI is InChI=1S/C15H14ClFN2O/c1-11-8-13(19(2)18-11)10-20-14-6-5-12(4-3-7-16)15(17)9-14/h5-6,8-9H,7,10H2,1-2H3. The van der Waals surface area contributed by atoms with Crippen molar-refractivity contribution in [1.82, 2.24) is 9.78 Å². The van der Waals surface area contributed by atoms with Crippen LogP contribution in [0.5, 0.6) is 5.75 Å². The quantitative estimate of drug-likeness (QED) is 0.642. The third kappa shape index (κ3) is 3.52. The van der Waals surface area contributed by atoms with Crippen LogP contribution in [0.4, 0.5) is 4.39 Å². The smallest absolute Gasteiger partial charge is 0.142 e. The molecule has 0 aliphatic carbocycles. The predicted octanol–water partition coefficient (Wildman–Crippen LogP) is 3.04. The summed E-state index contributed by atoms with van der Waals surface area (Å²) in [5.41, 5.74) is 2.16. The molecule has 1 aromatic heterocycles. The van der Waals surface area contributed by atoms with Gasteiger partial charge in [-0.1, -0.05) is 11.8 Å². The maximum Gasteiger partial charge on any atom is 0.142 e. The molecule has 0 spiro atoms. The normalized spacial score (nSPS) is 10.0. The van der Waals surface area contributed by atoms with Crippen molar-refractivity contribution in [2.24, 2.45) is 7.05 Å². The van der Waals surface area contributed by atoms with E-state index in [0.29, 0.717) is 17.9 Å². The summed E-state index contributed by atoms with van der Waals surface area (Å²) >= 11 is 5.44. The minimum atomic E-state index is -0.415. The predicted molar refractivity (Wildman–Crippen MR) is 76.3 cm³/mol. The summed E-state index contributed by atoms with van der Waals surface area (Å²) < 4.78 is 21.0. The highest BCUT2D eigenvalue weighted by Crippen LogP contribution is 2.17. The van der Waals surface area contributed by atoms with E-state index in [0.717, 1.165) is 11.4 Å². The highest BCUT2D eigenvalue weighted by molar-refractivity contribution is 6.19. The number of hydrogen-bond donors (Lipinski definition) is 0. The molecule has 0 fully saturated rings. The van der Waals surface area contributed by atoms with Gasteiger partial charge in [0.25, 0.3) is 0 Å². The molecule has 0 radical (unpaired) electrons.